The van der Waals surface area contributed by atoms with Crippen LogP contribution in [0.1, 0.15) is 214 Å². The first kappa shape index (κ1) is 37.5. The van der Waals surface area contributed by atoms with Gasteiger partial charge in [0.15, 0.2) is 0 Å². The highest BCUT2D eigenvalue weighted by Gasteiger charge is 2.08. The molecule has 0 saturated carbocycles. The fourth-order valence-corrected chi connectivity index (χ4v) is 5.42. The van der Waals surface area contributed by atoms with Crippen LogP contribution in [0.4, 0.5) is 0 Å². The lowest BCUT2D eigenvalue weighted by molar-refractivity contribution is -0.143. The van der Waals surface area contributed by atoms with Gasteiger partial charge in [-0.1, -0.05) is 188 Å². The van der Waals surface area contributed by atoms with E-state index in [0.29, 0.717) is 18.4 Å². The summed E-state index contributed by atoms with van der Waals surface area (Å²) in [5.41, 5.74) is 0.506. The van der Waals surface area contributed by atoms with Crippen LogP contribution in [0.3, 0.4) is 0 Å². The summed E-state index contributed by atoms with van der Waals surface area (Å²) in [6.45, 7) is 9.97. The second-order valence-corrected chi connectivity index (χ2v) is 13.5. The van der Waals surface area contributed by atoms with Crippen molar-refractivity contribution in [3.8, 4) is 0 Å². The third-order valence-corrected chi connectivity index (χ3v) is 8.07. The van der Waals surface area contributed by atoms with E-state index in [4.69, 9.17) is 4.74 Å². The van der Waals surface area contributed by atoms with Gasteiger partial charge in [-0.15, -0.1) is 0 Å². The normalized spacial score (nSPS) is 11.8. The Hall–Kier alpha value is -0.530. The van der Waals surface area contributed by atoms with Gasteiger partial charge in [-0.25, -0.2) is 0 Å². The predicted octanol–water partition coefficient (Wildman–Crippen LogP) is 12.9. The molecule has 0 N–H and O–H groups in total. The van der Waals surface area contributed by atoms with Crippen LogP contribution in [0.15, 0.2) is 0 Å². The number of unbranched alkanes of at least 4 members (excludes halogenated alkanes) is 25. The molecule has 0 aliphatic heterocycles. The molecule has 0 radical (unpaired) electrons. The van der Waals surface area contributed by atoms with Gasteiger partial charge in [-0.3, -0.25) is 4.79 Å². The number of hydrogen-bond acceptors (Lipinski definition) is 2. The minimum Gasteiger partial charge on any atom is -0.466 e. The molecule has 2 nitrogen and oxygen atoms in total. The number of carbonyl (C=O) groups is 1. The third-order valence-electron chi connectivity index (χ3n) is 8.07. The van der Waals surface area contributed by atoms with Crippen molar-refractivity contribution in [2.45, 2.75) is 214 Å². The number of rotatable bonds is 30. The molecule has 228 valence electrons. The first-order chi connectivity index (χ1) is 18.5. The van der Waals surface area contributed by atoms with Crippen LogP contribution in [0, 0.1) is 5.41 Å². The van der Waals surface area contributed by atoms with Crippen LogP contribution < -0.4 is 0 Å². The molecule has 0 aliphatic carbocycles. The van der Waals surface area contributed by atoms with Crippen LogP contribution >= 0.6 is 0 Å². The van der Waals surface area contributed by atoms with Gasteiger partial charge in [0.2, 0.25) is 0 Å². The van der Waals surface area contributed by atoms with Gasteiger partial charge >= 0.3 is 5.97 Å². The number of ether oxygens (including phenoxy) is 1. The zero-order valence-corrected chi connectivity index (χ0v) is 27.0. The van der Waals surface area contributed by atoms with E-state index in [2.05, 4.69) is 27.7 Å². The molecule has 0 aromatic carbocycles. The van der Waals surface area contributed by atoms with Gasteiger partial charge < -0.3 is 4.74 Å². The summed E-state index contributed by atoms with van der Waals surface area (Å²) in [4.78, 5) is 11.9. The van der Waals surface area contributed by atoms with E-state index in [-0.39, 0.29) is 5.97 Å². The van der Waals surface area contributed by atoms with Crippen molar-refractivity contribution in [1.82, 2.24) is 0 Å². The van der Waals surface area contributed by atoms with Gasteiger partial charge in [-0.2, -0.15) is 0 Å². The van der Waals surface area contributed by atoms with Crippen molar-refractivity contribution in [2.24, 2.45) is 5.41 Å². The lowest BCUT2D eigenvalue weighted by atomic mass is 9.89. The van der Waals surface area contributed by atoms with E-state index in [1.165, 1.54) is 167 Å². The molecule has 0 saturated heterocycles. The fourth-order valence-electron chi connectivity index (χ4n) is 5.42. The molecule has 2 heteroatoms. The second-order valence-electron chi connectivity index (χ2n) is 13.5. The molecule has 38 heavy (non-hydrogen) atoms. The quantitative estimate of drug-likeness (QED) is 0.0674. The maximum absolute atomic E-state index is 11.9. The first-order valence-electron chi connectivity index (χ1n) is 17.6. The fraction of sp³-hybridized carbons (Fsp3) is 0.972. The molecule has 0 heterocycles. The highest BCUT2D eigenvalue weighted by atomic mass is 16.5. The zero-order valence-electron chi connectivity index (χ0n) is 27.0. The van der Waals surface area contributed by atoms with E-state index >= 15 is 0 Å². The topological polar surface area (TPSA) is 26.3 Å². The molecule has 0 aromatic heterocycles. The monoisotopic (exact) mass is 537 g/mol. The van der Waals surface area contributed by atoms with Crippen molar-refractivity contribution < 1.29 is 9.53 Å². The average molecular weight is 537 g/mol. The Labute approximate surface area is 241 Å². The van der Waals surface area contributed by atoms with Crippen LogP contribution in [-0.2, 0) is 9.53 Å². The van der Waals surface area contributed by atoms with Gasteiger partial charge in [0.1, 0.15) is 0 Å². The van der Waals surface area contributed by atoms with E-state index in [1.807, 2.05) is 0 Å². The SMILES string of the molecule is CCCCCCCCCCCCCCCCCOC(=O)CCCCCCCCCCCCCCC(C)(C)C. The Kier molecular flexibility index (Phi) is 29.0. The van der Waals surface area contributed by atoms with Gasteiger partial charge in [0.05, 0.1) is 6.61 Å². The summed E-state index contributed by atoms with van der Waals surface area (Å²) in [6.07, 6.45) is 38.6. The standard InChI is InChI=1S/C36H72O2/c1-5-6-7-8-9-10-11-12-13-16-19-22-25-28-31-34-38-35(37)32-29-26-23-20-17-14-15-18-21-24-27-30-33-36(2,3)4/h5-34H2,1-4H3. The Morgan fingerprint density at radius 2 is 0.763 bits per heavy atom. The predicted molar refractivity (Wildman–Crippen MR) is 170 cm³/mol. The van der Waals surface area contributed by atoms with E-state index in [9.17, 15) is 4.79 Å². The van der Waals surface area contributed by atoms with Gasteiger partial charge in [-0.05, 0) is 24.7 Å². The number of hydrogen-bond donors (Lipinski definition) is 0. The van der Waals surface area contributed by atoms with Gasteiger partial charge in [0, 0.05) is 6.42 Å². The minimum atomic E-state index is 0.0258. The average Bonchev–Trinajstić information content (AvgIpc) is 2.88. The van der Waals surface area contributed by atoms with Gasteiger partial charge in [0.25, 0.3) is 0 Å². The highest BCUT2D eigenvalue weighted by Crippen LogP contribution is 2.23. The largest absolute Gasteiger partial charge is 0.466 e. The van der Waals surface area contributed by atoms with E-state index < -0.39 is 0 Å². The molecule has 0 atom stereocenters. The van der Waals surface area contributed by atoms with E-state index in [1.54, 1.807) is 0 Å². The second kappa shape index (κ2) is 29.5. The summed E-state index contributed by atoms with van der Waals surface area (Å²) >= 11 is 0. The molecule has 0 rings (SSSR count). The maximum atomic E-state index is 11.9. The molecule has 0 fully saturated rings. The molecule has 0 bridgehead atoms. The number of esters is 1. The van der Waals surface area contributed by atoms with Crippen LogP contribution in [0.2, 0.25) is 0 Å². The minimum absolute atomic E-state index is 0.0258. The third kappa shape index (κ3) is 33.5. The maximum Gasteiger partial charge on any atom is 0.305 e. The summed E-state index contributed by atoms with van der Waals surface area (Å²) in [6, 6.07) is 0. The van der Waals surface area contributed by atoms with Crippen molar-refractivity contribution in [3.63, 3.8) is 0 Å². The number of carbonyl (C=O) groups excluding carboxylic acids is 1. The van der Waals surface area contributed by atoms with Crippen LogP contribution in [-0.4, -0.2) is 12.6 Å². The molecular formula is C36H72O2. The molecule has 0 amide bonds. The zero-order chi connectivity index (χ0) is 28.0. The molecule has 0 aromatic rings. The summed E-state index contributed by atoms with van der Waals surface area (Å²) in [5.74, 6) is 0.0258. The molecule has 0 aliphatic rings. The smallest absolute Gasteiger partial charge is 0.305 e. The van der Waals surface area contributed by atoms with E-state index in [0.717, 1.165) is 12.8 Å². The van der Waals surface area contributed by atoms with Crippen molar-refractivity contribution >= 4 is 5.97 Å². The van der Waals surface area contributed by atoms with Crippen LogP contribution in [0.25, 0.3) is 0 Å². The first-order valence-corrected chi connectivity index (χ1v) is 17.6. The summed E-state index contributed by atoms with van der Waals surface area (Å²) in [7, 11) is 0. The Morgan fingerprint density at radius 1 is 0.447 bits per heavy atom. The molecule has 0 unspecified atom stereocenters. The van der Waals surface area contributed by atoms with Crippen LogP contribution in [0.5, 0.6) is 0 Å². The Morgan fingerprint density at radius 3 is 1.13 bits per heavy atom. The lowest BCUT2D eigenvalue weighted by Crippen LogP contribution is -2.05. The Bertz CT molecular complexity index is 464. The summed E-state index contributed by atoms with van der Waals surface area (Å²) in [5, 5.41) is 0. The van der Waals surface area contributed by atoms with Crippen molar-refractivity contribution in [3.05, 3.63) is 0 Å². The molecular weight excluding hydrogens is 464 g/mol. The van der Waals surface area contributed by atoms with Crippen molar-refractivity contribution in [2.75, 3.05) is 6.61 Å². The van der Waals surface area contributed by atoms with Crippen molar-refractivity contribution in [1.29, 1.82) is 0 Å². The molecule has 0 spiro atoms. The summed E-state index contributed by atoms with van der Waals surface area (Å²) < 4.78 is 5.44. The Balaban J connectivity index is 3.17. The lowest BCUT2D eigenvalue weighted by Gasteiger charge is -2.17. The highest BCUT2D eigenvalue weighted by molar-refractivity contribution is 5.69.